The number of hydrogen-bond acceptors (Lipinski definition) is 7. The van der Waals surface area contributed by atoms with Crippen LogP contribution in [0.5, 0.6) is 0 Å². The average Bonchev–Trinajstić information content (AvgIpc) is 2.94. The molecule has 2 aliphatic heterocycles. The molecule has 7 nitrogen and oxygen atoms in total. The number of aliphatic imine (C=N–C) groups is 1. The average molecular weight is 338 g/mol. The zero-order valence-corrected chi connectivity index (χ0v) is 13.2. The number of amides is 1. The zero-order valence-electron chi connectivity index (χ0n) is 12.4. The number of terminal acetylenes is 1. The fourth-order valence-electron chi connectivity index (χ4n) is 2.19. The third kappa shape index (κ3) is 3.83. The van der Waals surface area contributed by atoms with E-state index in [0.29, 0.717) is 0 Å². The molecule has 1 saturated heterocycles. The molecule has 0 unspecified atom stereocenters. The van der Waals surface area contributed by atoms with Gasteiger partial charge in [0.15, 0.2) is 5.17 Å². The lowest BCUT2D eigenvalue weighted by Gasteiger charge is -2.37. The number of ether oxygens (including phenoxy) is 1. The van der Waals surface area contributed by atoms with Crippen molar-refractivity contribution in [3.8, 4) is 12.3 Å². The zero-order chi connectivity index (χ0) is 17.0. The van der Waals surface area contributed by atoms with Crippen molar-refractivity contribution in [2.24, 2.45) is 4.99 Å². The van der Waals surface area contributed by atoms with Crippen LogP contribution in [0.1, 0.15) is 6.92 Å². The van der Waals surface area contributed by atoms with Gasteiger partial charge in [-0.1, -0.05) is 29.8 Å². The highest BCUT2D eigenvalue weighted by molar-refractivity contribution is 8.14. The lowest BCUT2D eigenvalue weighted by Crippen LogP contribution is -2.55. The summed E-state index contributed by atoms with van der Waals surface area (Å²) in [5, 5.41) is 31.8. The van der Waals surface area contributed by atoms with Crippen molar-refractivity contribution in [2.75, 3.05) is 6.61 Å². The molecule has 0 radical (unpaired) electrons. The summed E-state index contributed by atoms with van der Waals surface area (Å²) in [7, 11) is 0. The molecule has 0 aromatic heterocycles. The number of allylic oxidation sites excluding steroid dienone is 3. The third-order valence-corrected chi connectivity index (χ3v) is 4.47. The molecule has 0 aromatic rings. The van der Waals surface area contributed by atoms with E-state index >= 15 is 0 Å². The van der Waals surface area contributed by atoms with Crippen LogP contribution in [0.25, 0.3) is 0 Å². The van der Waals surface area contributed by atoms with Gasteiger partial charge in [-0.15, -0.1) is 6.42 Å². The first-order valence-corrected chi connectivity index (χ1v) is 7.87. The van der Waals surface area contributed by atoms with Crippen molar-refractivity contribution in [3.63, 3.8) is 0 Å². The summed E-state index contributed by atoms with van der Waals surface area (Å²) in [5.74, 6) is 1.79. The molecule has 124 valence electrons. The Kier molecular flexibility index (Phi) is 5.98. The largest absolute Gasteiger partial charge is 0.394 e. The second-order valence-corrected chi connectivity index (χ2v) is 6.04. The highest BCUT2D eigenvalue weighted by Gasteiger charge is 2.48. The van der Waals surface area contributed by atoms with E-state index in [9.17, 15) is 15.0 Å². The molecule has 0 spiro atoms. The first-order chi connectivity index (χ1) is 11.0. The van der Waals surface area contributed by atoms with Crippen LogP contribution in [0, 0.1) is 12.3 Å². The van der Waals surface area contributed by atoms with E-state index in [2.05, 4.69) is 16.2 Å². The summed E-state index contributed by atoms with van der Waals surface area (Å²) in [6.45, 7) is 1.38. The van der Waals surface area contributed by atoms with Gasteiger partial charge in [-0.3, -0.25) is 9.79 Å². The molecule has 4 N–H and O–H groups in total. The Bertz CT molecular complexity index is 595. The SMILES string of the molecule is C#C/C(=C\C=C/C)C(=O)NC1=N[C@@H]2[C@@H](O)[C@H](O)[C@@H](CO)O[C@@H]2S1. The van der Waals surface area contributed by atoms with Crippen molar-refractivity contribution >= 4 is 22.8 Å². The molecule has 0 bridgehead atoms. The second-order valence-electron chi connectivity index (χ2n) is 4.95. The Labute approximate surface area is 138 Å². The number of nitrogens with zero attached hydrogens (tertiary/aromatic N) is 1. The number of thioether (sulfide) groups is 1. The van der Waals surface area contributed by atoms with Crippen molar-refractivity contribution in [1.29, 1.82) is 0 Å². The molecule has 2 aliphatic rings. The summed E-state index contributed by atoms with van der Waals surface area (Å²) >= 11 is 1.10. The molecule has 5 atom stereocenters. The topological polar surface area (TPSA) is 111 Å². The lowest BCUT2D eigenvalue weighted by molar-refractivity contribution is -0.164. The molecule has 0 aliphatic carbocycles. The van der Waals surface area contributed by atoms with E-state index in [1.165, 1.54) is 6.08 Å². The number of fused-ring (bicyclic) bond motifs is 1. The van der Waals surface area contributed by atoms with Gasteiger partial charge in [0.25, 0.3) is 5.91 Å². The van der Waals surface area contributed by atoms with E-state index in [4.69, 9.17) is 16.3 Å². The van der Waals surface area contributed by atoms with Crippen LogP contribution in [0.4, 0.5) is 0 Å². The van der Waals surface area contributed by atoms with E-state index in [1.807, 2.05) is 0 Å². The fourth-order valence-corrected chi connectivity index (χ4v) is 3.30. The van der Waals surface area contributed by atoms with Crippen LogP contribution in [-0.4, -0.2) is 62.8 Å². The van der Waals surface area contributed by atoms with Gasteiger partial charge in [0.05, 0.1) is 12.2 Å². The van der Waals surface area contributed by atoms with Crippen LogP contribution in [0.2, 0.25) is 0 Å². The highest BCUT2D eigenvalue weighted by atomic mass is 32.2. The van der Waals surface area contributed by atoms with Gasteiger partial charge in [-0.2, -0.15) is 0 Å². The predicted octanol–water partition coefficient (Wildman–Crippen LogP) is -0.851. The number of rotatable bonds is 3. The first kappa shape index (κ1) is 17.7. The number of aliphatic hydroxyl groups excluding tert-OH is 3. The van der Waals surface area contributed by atoms with E-state index in [1.54, 1.807) is 19.1 Å². The lowest BCUT2D eigenvalue weighted by atomic mass is 9.99. The van der Waals surface area contributed by atoms with E-state index in [-0.39, 0.29) is 10.7 Å². The molecule has 2 heterocycles. The summed E-state index contributed by atoms with van der Waals surface area (Å²) in [6, 6.07) is -0.720. The summed E-state index contributed by atoms with van der Waals surface area (Å²) in [5.41, 5.74) is -0.453. The minimum Gasteiger partial charge on any atom is -0.394 e. The maximum Gasteiger partial charge on any atom is 0.265 e. The number of aliphatic hydroxyl groups is 3. The quantitative estimate of drug-likeness (QED) is 0.303. The summed E-state index contributed by atoms with van der Waals surface area (Å²) in [6.07, 6.45) is 6.87. The van der Waals surface area contributed by atoms with E-state index in [0.717, 1.165) is 11.8 Å². The van der Waals surface area contributed by atoms with Crippen molar-refractivity contribution in [3.05, 3.63) is 23.8 Å². The Balaban J connectivity index is 2.07. The Morgan fingerprint density at radius 1 is 1.52 bits per heavy atom. The number of carbonyl (C=O) groups excluding carboxylic acids is 1. The van der Waals surface area contributed by atoms with Crippen LogP contribution in [0.15, 0.2) is 28.8 Å². The van der Waals surface area contributed by atoms with Crippen LogP contribution in [-0.2, 0) is 9.53 Å². The molecule has 0 aromatic carbocycles. The number of carbonyl (C=O) groups is 1. The minimum absolute atomic E-state index is 0.135. The summed E-state index contributed by atoms with van der Waals surface area (Å²) in [4.78, 5) is 16.2. The molecular formula is C15H18N2O5S. The van der Waals surface area contributed by atoms with Crippen molar-refractivity contribution < 1.29 is 24.9 Å². The summed E-state index contributed by atoms with van der Waals surface area (Å²) < 4.78 is 5.48. The van der Waals surface area contributed by atoms with Gasteiger partial charge >= 0.3 is 0 Å². The molecule has 2 rings (SSSR count). The second kappa shape index (κ2) is 7.77. The number of hydrogen-bond donors (Lipinski definition) is 4. The predicted molar refractivity (Wildman–Crippen MR) is 86.4 cm³/mol. The van der Waals surface area contributed by atoms with Gasteiger partial charge in [0, 0.05) is 0 Å². The number of amidine groups is 1. The minimum atomic E-state index is -1.24. The Morgan fingerprint density at radius 2 is 2.26 bits per heavy atom. The first-order valence-electron chi connectivity index (χ1n) is 6.99. The van der Waals surface area contributed by atoms with Gasteiger partial charge in [-0.05, 0) is 13.0 Å². The maximum absolute atomic E-state index is 12.1. The molecular weight excluding hydrogens is 320 g/mol. The number of nitrogens with one attached hydrogen (secondary N) is 1. The standard InChI is InChI=1S/C15H18N2O5S/c1-3-5-6-8(4-2)13(21)17-15-16-10-12(20)11(19)9(7-18)22-14(10)23-15/h2-3,5-6,9-12,14,18-20H,7H2,1H3,(H,16,17,21)/b5-3-,8-6+/t9-,10-,11-,12-,14-/m1/s1. The monoisotopic (exact) mass is 338 g/mol. The van der Waals surface area contributed by atoms with Gasteiger partial charge in [-0.25, -0.2) is 0 Å². The van der Waals surface area contributed by atoms with Crippen molar-refractivity contribution in [2.45, 2.75) is 36.7 Å². The van der Waals surface area contributed by atoms with Crippen molar-refractivity contribution in [1.82, 2.24) is 5.32 Å². The molecule has 23 heavy (non-hydrogen) atoms. The molecule has 1 amide bonds. The molecule has 8 heteroatoms. The molecule has 0 saturated carbocycles. The molecule has 1 fully saturated rings. The van der Waals surface area contributed by atoms with Gasteiger partial charge < -0.3 is 25.4 Å². The van der Waals surface area contributed by atoms with Crippen LogP contribution < -0.4 is 5.32 Å². The Hall–Kier alpha value is -1.63. The van der Waals surface area contributed by atoms with Crippen LogP contribution >= 0.6 is 11.8 Å². The highest BCUT2D eigenvalue weighted by Crippen LogP contribution is 2.35. The normalized spacial score (nSPS) is 34.0. The van der Waals surface area contributed by atoms with E-state index < -0.39 is 42.3 Å². The maximum atomic E-state index is 12.1. The van der Waals surface area contributed by atoms with Gasteiger partial charge in [0.1, 0.15) is 29.8 Å². The van der Waals surface area contributed by atoms with Gasteiger partial charge in [0.2, 0.25) is 0 Å². The smallest absolute Gasteiger partial charge is 0.265 e. The third-order valence-electron chi connectivity index (χ3n) is 3.42. The fraction of sp³-hybridized carbons (Fsp3) is 0.467. The Morgan fingerprint density at radius 3 is 2.87 bits per heavy atom. The van der Waals surface area contributed by atoms with Crippen LogP contribution in [0.3, 0.4) is 0 Å².